The number of hydrogen-bond donors (Lipinski definition) is 1. The first-order valence-electron chi connectivity index (χ1n) is 4.98. The molecule has 1 heterocycles. The van der Waals surface area contributed by atoms with Gasteiger partial charge in [0.05, 0.1) is 5.60 Å². The van der Waals surface area contributed by atoms with Gasteiger partial charge in [0.15, 0.2) is 0 Å². The lowest BCUT2D eigenvalue weighted by Crippen LogP contribution is -2.18. The van der Waals surface area contributed by atoms with Crippen LogP contribution in [-0.4, -0.2) is 10.9 Å². The second-order valence-electron chi connectivity index (χ2n) is 4.49. The molecule has 0 fully saturated rings. The molecule has 1 nitrogen and oxygen atoms in total. The van der Waals surface area contributed by atoms with Gasteiger partial charge in [-0.15, -0.1) is 11.8 Å². The Morgan fingerprint density at radius 2 is 2.14 bits per heavy atom. The van der Waals surface area contributed by atoms with Gasteiger partial charge in [0, 0.05) is 10.6 Å². The summed E-state index contributed by atoms with van der Waals surface area (Å²) >= 11 is 1.90. The second kappa shape index (κ2) is 3.28. The van der Waals surface area contributed by atoms with Gasteiger partial charge in [-0.2, -0.15) is 0 Å². The Morgan fingerprint density at radius 1 is 1.43 bits per heavy atom. The lowest BCUT2D eigenvalue weighted by atomic mass is 9.88. The minimum Gasteiger partial charge on any atom is -0.386 e. The smallest absolute Gasteiger partial charge is 0.0843 e. The van der Waals surface area contributed by atoms with E-state index < -0.39 is 5.60 Å². The highest BCUT2D eigenvalue weighted by molar-refractivity contribution is 7.99. The maximum absolute atomic E-state index is 10.1. The van der Waals surface area contributed by atoms with Crippen LogP contribution >= 0.6 is 11.8 Å². The fourth-order valence-electron chi connectivity index (χ4n) is 2.01. The zero-order valence-electron chi connectivity index (χ0n) is 8.87. The van der Waals surface area contributed by atoms with E-state index in [0.29, 0.717) is 5.92 Å². The maximum atomic E-state index is 10.1. The number of fused-ring (bicyclic) bond motifs is 1. The maximum Gasteiger partial charge on any atom is 0.0843 e. The molecule has 0 saturated carbocycles. The van der Waals surface area contributed by atoms with Crippen molar-refractivity contribution in [1.82, 2.24) is 0 Å². The third-order valence-corrected chi connectivity index (χ3v) is 4.04. The second-order valence-corrected chi connectivity index (χ2v) is 5.55. The van der Waals surface area contributed by atoms with Crippen molar-refractivity contribution < 1.29 is 5.11 Å². The van der Waals surface area contributed by atoms with E-state index >= 15 is 0 Å². The predicted octanol–water partition coefficient (Wildman–Crippen LogP) is 3.12. The molecule has 1 N–H and O–H groups in total. The first-order chi connectivity index (χ1) is 6.50. The van der Waals surface area contributed by atoms with Gasteiger partial charge in [0.1, 0.15) is 0 Å². The summed E-state index contributed by atoms with van der Waals surface area (Å²) in [5, 5.41) is 10.1. The van der Waals surface area contributed by atoms with Gasteiger partial charge in [0.2, 0.25) is 0 Å². The summed E-state index contributed by atoms with van der Waals surface area (Å²) in [6, 6.07) is 6.23. The van der Waals surface area contributed by atoms with Gasteiger partial charge in [0.25, 0.3) is 0 Å². The molecule has 1 aromatic carbocycles. The SMILES string of the molecule is CC1CSc2cccc(C(C)(C)O)c21. The van der Waals surface area contributed by atoms with E-state index in [4.69, 9.17) is 0 Å². The molecule has 2 heteroatoms. The molecule has 76 valence electrons. The molecule has 1 unspecified atom stereocenters. The van der Waals surface area contributed by atoms with Gasteiger partial charge < -0.3 is 5.11 Å². The standard InChI is InChI=1S/C12H16OS/c1-8-7-14-10-6-4-5-9(11(8)10)12(2,3)13/h4-6,8,13H,7H2,1-3H3. The van der Waals surface area contributed by atoms with Crippen molar-refractivity contribution >= 4 is 11.8 Å². The fourth-order valence-corrected chi connectivity index (χ4v) is 3.25. The van der Waals surface area contributed by atoms with Crippen LogP contribution in [0.15, 0.2) is 23.1 Å². The molecule has 0 saturated heterocycles. The summed E-state index contributed by atoms with van der Waals surface area (Å²) in [5.74, 6) is 1.71. The van der Waals surface area contributed by atoms with Gasteiger partial charge in [-0.25, -0.2) is 0 Å². The molecule has 1 aromatic rings. The van der Waals surface area contributed by atoms with Crippen molar-refractivity contribution in [2.24, 2.45) is 0 Å². The van der Waals surface area contributed by atoms with Crippen molar-refractivity contribution in [2.45, 2.75) is 37.2 Å². The van der Waals surface area contributed by atoms with Gasteiger partial charge in [-0.1, -0.05) is 19.1 Å². The minimum atomic E-state index is -0.718. The van der Waals surface area contributed by atoms with Gasteiger partial charge >= 0.3 is 0 Å². The van der Waals surface area contributed by atoms with Crippen molar-refractivity contribution in [1.29, 1.82) is 0 Å². The topological polar surface area (TPSA) is 20.2 Å². The quantitative estimate of drug-likeness (QED) is 0.765. The van der Waals surface area contributed by atoms with Crippen LogP contribution in [0.5, 0.6) is 0 Å². The fraction of sp³-hybridized carbons (Fsp3) is 0.500. The van der Waals surface area contributed by atoms with Crippen LogP contribution in [0, 0.1) is 0 Å². The molecule has 0 aliphatic carbocycles. The highest BCUT2D eigenvalue weighted by Crippen LogP contribution is 2.43. The van der Waals surface area contributed by atoms with Crippen molar-refractivity contribution in [3.8, 4) is 0 Å². The van der Waals surface area contributed by atoms with Crippen LogP contribution in [-0.2, 0) is 5.60 Å². The monoisotopic (exact) mass is 208 g/mol. The molecule has 1 aliphatic heterocycles. The Hall–Kier alpha value is -0.470. The molecule has 1 atom stereocenters. The van der Waals surface area contributed by atoms with Crippen molar-refractivity contribution in [3.63, 3.8) is 0 Å². The summed E-state index contributed by atoms with van der Waals surface area (Å²) in [7, 11) is 0. The average Bonchev–Trinajstić information content (AvgIpc) is 2.46. The molecule has 0 bridgehead atoms. The Balaban J connectivity index is 2.58. The molecule has 1 aliphatic rings. The van der Waals surface area contributed by atoms with Crippen molar-refractivity contribution in [2.75, 3.05) is 5.75 Å². The van der Waals surface area contributed by atoms with E-state index in [1.807, 2.05) is 37.7 Å². The highest BCUT2D eigenvalue weighted by Gasteiger charge is 2.28. The third-order valence-electron chi connectivity index (χ3n) is 2.71. The Kier molecular flexibility index (Phi) is 2.36. The predicted molar refractivity (Wildman–Crippen MR) is 60.8 cm³/mol. The summed E-state index contributed by atoms with van der Waals surface area (Å²) in [6.45, 7) is 5.95. The normalized spacial score (nSPS) is 21.0. The van der Waals surface area contributed by atoms with Crippen LogP contribution in [0.25, 0.3) is 0 Å². The summed E-state index contributed by atoms with van der Waals surface area (Å²) in [4.78, 5) is 1.34. The molecule has 2 rings (SSSR count). The lowest BCUT2D eigenvalue weighted by Gasteiger charge is -2.22. The van der Waals surface area contributed by atoms with E-state index in [-0.39, 0.29) is 0 Å². The van der Waals surface area contributed by atoms with E-state index in [0.717, 1.165) is 11.3 Å². The first kappa shape index (κ1) is 10.1. The minimum absolute atomic E-state index is 0.567. The zero-order chi connectivity index (χ0) is 10.3. The highest BCUT2D eigenvalue weighted by atomic mass is 32.2. The van der Waals surface area contributed by atoms with Crippen LogP contribution in [0.2, 0.25) is 0 Å². The number of hydrogen-bond acceptors (Lipinski definition) is 2. The molecular formula is C12H16OS. The van der Waals surface area contributed by atoms with Crippen LogP contribution in [0.4, 0.5) is 0 Å². The summed E-state index contributed by atoms with van der Waals surface area (Å²) < 4.78 is 0. The summed E-state index contributed by atoms with van der Waals surface area (Å²) in [5.41, 5.74) is 1.72. The van der Waals surface area contributed by atoms with E-state index in [2.05, 4.69) is 13.0 Å². The molecular weight excluding hydrogens is 192 g/mol. The van der Waals surface area contributed by atoms with Crippen LogP contribution in [0.3, 0.4) is 0 Å². The number of benzene rings is 1. The van der Waals surface area contributed by atoms with Gasteiger partial charge in [-0.3, -0.25) is 0 Å². The third kappa shape index (κ3) is 1.57. The molecule has 0 amide bonds. The first-order valence-corrected chi connectivity index (χ1v) is 5.97. The summed E-state index contributed by atoms with van der Waals surface area (Å²) in [6.07, 6.45) is 0. The van der Waals surface area contributed by atoms with Crippen molar-refractivity contribution in [3.05, 3.63) is 29.3 Å². The van der Waals surface area contributed by atoms with E-state index in [9.17, 15) is 5.11 Å². The van der Waals surface area contributed by atoms with Crippen LogP contribution in [0.1, 0.15) is 37.8 Å². The molecule has 0 spiro atoms. The molecule has 14 heavy (non-hydrogen) atoms. The van der Waals surface area contributed by atoms with E-state index in [1.165, 1.54) is 10.5 Å². The molecule has 0 radical (unpaired) electrons. The number of rotatable bonds is 1. The average molecular weight is 208 g/mol. The van der Waals surface area contributed by atoms with Gasteiger partial charge in [-0.05, 0) is 37.0 Å². The Morgan fingerprint density at radius 3 is 2.79 bits per heavy atom. The Labute approximate surface area is 89.5 Å². The largest absolute Gasteiger partial charge is 0.386 e. The Bertz CT molecular complexity index is 352. The molecule has 0 aromatic heterocycles. The van der Waals surface area contributed by atoms with E-state index in [1.54, 1.807) is 0 Å². The number of thioether (sulfide) groups is 1. The number of aliphatic hydroxyl groups is 1. The zero-order valence-corrected chi connectivity index (χ0v) is 9.69. The lowest BCUT2D eigenvalue weighted by molar-refractivity contribution is 0.0771. The van der Waals surface area contributed by atoms with Crippen LogP contribution < -0.4 is 0 Å².